The fourth-order valence-electron chi connectivity index (χ4n) is 4.91. The van der Waals surface area contributed by atoms with E-state index in [4.69, 9.17) is 4.74 Å². The molecule has 3 aromatic heterocycles. The Labute approximate surface area is 203 Å². The number of likely N-dealkylation sites (N-methyl/N-ethyl adjacent to an activating group) is 1. The van der Waals surface area contributed by atoms with E-state index in [9.17, 15) is 14.5 Å². The van der Waals surface area contributed by atoms with Gasteiger partial charge < -0.3 is 19.1 Å². The van der Waals surface area contributed by atoms with Crippen LogP contribution in [0.1, 0.15) is 39.3 Å². The molecule has 0 aromatic carbocycles. The van der Waals surface area contributed by atoms with E-state index in [-0.39, 0.29) is 24.2 Å². The van der Waals surface area contributed by atoms with Crippen molar-refractivity contribution < 1.29 is 14.1 Å². The lowest BCUT2D eigenvalue weighted by Crippen LogP contribution is -2.44. The highest BCUT2D eigenvalue weighted by molar-refractivity contribution is 5.95. The first-order valence-electron chi connectivity index (χ1n) is 12.2. The van der Waals surface area contributed by atoms with Crippen LogP contribution >= 0.6 is 0 Å². The van der Waals surface area contributed by atoms with Crippen molar-refractivity contribution in [2.75, 3.05) is 44.7 Å². The van der Waals surface area contributed by atoms with Gasteiger partial charge in [0.05, 0.1) is 28.4 Å². The van der Waals surface area contributed by atoms with Crippen LogP contribution in [0.25, 0.3) is 22.3 Å². The zero-order valence-electron chi connectivity index (χ0n) is 20.5. The van der Waals surface area contributed by atoms with E-state index in [0.29, 0.717) is 12.3 Å². The van der Waals surface area contributed by atoms with Crippen LogP contribution in [0.2, 0.25) is 0 Å². The third-order valence-corrected chi connectivity index (χ3v) is 6.74. The summed E-state index contributed by atoms with van der Waals surface area (Å²) >= 11 is 0. The second-order valence-corrected chi connectivity index (χ2v) is 10.2. The normalized spacial score (nSPS) is 20.0. The summed E-state index contributed by atoms with van der Waals surface area (Å²) in [5.41, 5.74) is 0.827. The minimum absolute atomic E-state index is 0.116. The van der Waals surface area contributed by atoms with Gasteiger partial charge in [-0.1, -0.05) is 0 Å². The summed E-state index contributed by atoms with van der Waals surface area (Å²) in [7, 11) is 2.10. The van der Waals surface area contributed by atoms with Crippen molar-refractivity contribution >= 4 is 22.3 Å². The van der Waals surface area contributed by atoms with Crippen LogP contribution in [0.3, 0.4) is 0 Å². The van der Waals surface area contributed by atoms with E-state index in [1.165, 1.54) is 10.9 Å². The Hall–Kier alpha value is -3.05. The van der Waals surface area contributed by atoms with E-state index in [1.54, 1.807) is 26.1 Å². The van der Waals surface area contributed by atoms with E-state index in [2.05, 4.69) is 26.9 Å². The SMILES string of the molecule is CN1CCN(c2cn(CC(C)(C)F)c3cc(-c4nn(C5CCCCO5)cc4[N+](=O)[O-])ncc23)CC1. The van der Waals surface area contributed by atoms with Crippen molar-refractivity contribution in [3.05, 3.63) is 34.8 Å². The number of fused-ring (bicyclic) bond motifs is 1. The fourth-order valence-corrected chi connectivity index (χ4v) is 4.91. The highest BCUT2D eigenvalue weighted by Gasteiger charge is 2.28. The summed E-state index contributed by atoms with van der Waals surface area (Å²) in [5.74, 6) is 0. The highest BCUT2D eigenvalue weighted by Crippen LogP contribution is 2.36. The second kappa shape index (κ2) is 9.19. The predicted molar refractivity (Wildman–Crippen MR) is 131 cm³/mol. The van der Waals surface area contributed by atoms with Crippen LogP contribution in [0.5, 0.6) is 0 Å². The van der Waals surface area contributed by atoms with Crippen LogP contribution in [-0.4, -0.2) is 74.7 Å². The van der Waals surface area contributed by atoms with E-state index < -0.39 is 10.6 Å². The zero-order valence-corrected chi connectivity index (χ0v) is 20.5. The van der Waals surface area contributed by atoms with Gasteiger partial charge in [-0.3, -0.25) is 15.1 Å². The molecular formula is C24H32FN7O3. The molecule has 0 spiro atoms. The highest BCUT2D eigenvalue weighted by atomic mass is 19.1. The molecular weight excluding hydrogens is 453 g/mol. The van der Waals surface area contributed by atoms with Crippen LogP contribution in [-0.2, 0) is 11.3 Å². The molecule has 1 unspecified atom stereocenters. The lowest BCUT2D eigenvalue weighted by Gasteiger charge is -2.33. The zero-order chi connectivity index (χ0) is 24.7. The molecule has 0 radical (unpaired) electrons. The van der Waals surface area contributed by atoms with Crippen molar-refractivity contribution in [1.29, 1.82) is 0 Å². The third-order valence-electron chi connectivity index (χ3n) is 6.74. The Kier molecular flexibility index (Phi) is 6.22. The number of nitrogens with zero attached hydrogens (tertiary/aromatic N) is 7. The monoisotopic (exact) mass is 485 g/mol. The quantitative estimate of drug-likeness (QED) is 0.385. The summed E-state index contributed by atoms with van der Waals surface area (Å²) in [6.07, 6.45) is 7.54. The number of ether oxygens (including phenoxy) is 1. The van der Waals surface area contributed by atoms with Crippen LogP contribution in [0, 0.1) is 10.1 Å². The Morgan fingerprint density at radius 1 is 1.23 bits per heavy atom. The minimum atomic E-state index is -1.43. The number of hydrogen-bond acceptors (Lipinski definition) is 7. The molecule has 3 aromatic rings. The molecule has 2 fully saturated rings. The number of hydrogen-bond donors (Lipinski definition) is 0. The molecule has 0 aliphatic carbocycles. The van der Waals surface area contributed by atoms with Crippen LogP contribution in [0.4, 0.5) is 15.8 Å². The lowest BCUT2D eigenvalue weighted by molar-refractivity contribution is -0.384. The Morgan fingerprint density at radius 3 is 2.66 bits per heavy atom. The van der Waals surface area contributed by atoms with Crippen molar-refractivity contribution in [3.63, 3.8) is 0 Å². The maximum Gasteiger partial charge on any atom is 0.316 e. The Balaban J connectivity index is 1.58. The van der Waals surface area contributed by atoms with Gasteiger partial charge in [-0.2, -0.15) is 5.10 Å². The summed E-state index contributed by atoms with van der Waals surface area (Å²) in [4.78, 5) is 20.6. The molecule has 5 rings (SSSR count). The van der Waals surface area contributed by atoms with Gasteiger partial charge in [0, 0.05) is 50.6 Å². The molecule has 2 aliphatic heterocycles. The summed E-state index contributed by atoms with van der Waals surface area (Å²) in [5, 5.41) is 17.3. The van der Waals surface area contributed by atoms with Gasteiger partial charge in [0.2, 0.25) is 0 Å². The predicted octanol–water partition coefficient (Wildman–Crippen LogP) is 4.01. The molecule has 2 aliphatic rings. The van der Waals surface area contributed by atoms with Gasteiger partial charge in [0.25, 0.3) is 0 Å². The average Bonchev–Trinajstić information content (AvgIpc) is 3.42. The number of aromatic nitrogens is 4. The van der Waals surface area contributed by atoms with Crippen LogP contribution < -0.4 is 4.90 Å². The molecule has 2 saturated heterocycles. The topological polar surface area (TPSA) is 94.5 Å². The van der Waals surface area contributed by atoms with E-state index >= 15 is 0 Å². The number of rotatable bonds is 6. The lowest BCUT2D eigenvalue weighted by atomic mass is 10.1. The molecule has 11 heteroatoms. The van der Waals surface area contributed by atoms with Gasteiger partial charge in [0.15, 0.2) is 5.69 Å². The van der Waals surface area contributed by atoms with Crippen molar-refractivity contribution in [1.82, 2.24) is 24.2 Å². The largest absolute Gasteiger partial charge is 0.367 e. The fraction of sp³-hybridized carbons (Fsp3) is 0.583. The summed E-state index contributed by atoms with van der Waals surface area (Å²) < 4.78 is 23.9. The molecule has 0 bridgehead atoms. The minimum Gasteiger partial charge on any atom is -0.367 e. The number of pyridine rings is 1. The molecule has 0 amide bonds. The van der Waals surface area contributed by atoms with Crippen LogP contribution in [0.15, 0.2) is 24.7 Å². The first-order chi connectivity index (χ1) is 16.7. The van der Waals surface area contributed by atoms with E-state index in [0.717, 1.165) is 62.0 Å². The molecule has 0 saturated carbocycles. The van der Waals surface area contributed by atoms with Gasteiger partial charge in [-0.15, -0.1) is 0 Å². The number of nitro groups is 1. The Bertz CT molecular complexity index is 1220. The molecule has 0 N–H and O–H groups in total. The molecule has 188 valence electrons. The van der Waals surface area contributed by atoms with Crippen molar-refractivity contribution in [2.45, 2.75) is 51.6 Å². The van der Waals surface area contributed by atoms with Gasteiger partial charge in [-0.05, 0) is 46.2 Å². The molecule has 35 heavy (non-hydrogen) atoms. The van der Waals surface area contributed by atoms with Crippen molar-refractivity contribution in [2.24, 2.45) is 0 Å². The average molecular weight is 486 g/mol. The smallest absolute Gasteiger partial charge is 0.316 e. The van der Waals surface area contributed by atoms with Crippen molar-refractivity contribution in [3.8, 4) is 11.4 Å². The standard InChI is InChI=1S/C24H32FN7O3/c1-24(2,25)16-30-14-20(29-9-7-28(3)8-10-29)17-13-26-18(12-19(17)30)23-21(32(33)34)15-31(27-23)22-6-4-5-11-35-22/h12-15,22H,4-11,16H2,1-3H3. The van der Waals surface area contributed by atoms with Gasteiger partial charge >= 0.3 is 5.69 Å². The molecule has 5 heterocycles. The summed E-state index contributed by atoms with van der Waals surface area (Å²) in [6.45, 7) is 7.49. The molecule has 1 atom stereocenters. The first-order valence-corrected chi connectivity index (χ1v) is 12.2. The second-order valence-electron chi connectivity index (χ2n) is 10.2. The number of anilines is 1. The first kappa shape index (κ1) is 23.7. The number of piperazine rings is 1. The van der Waals surface area contributed by atoms with Gasteiger partial charge in [-0.25, -0.2) is 9.07 Å². The maximum atomic E-state index is 14.7. The number of halogens is 1. The Morgan fingerprint density at radius 2 is 2.00 bits per heavy atom. The molecule has 10 nitrogen and oxygen atoms in total. The third kappa shape index (κ3) is 4.87. The van der Waals surface area contributed by atoms with E-state index in [1.807, 2.05) is 10.8 Å². The van der Waals surface area contributed by atoms with Gasteiger partial charge in [0.1, 0.15) is 18.1 Å². The number of alkyl halides is 1. The summed E-state index contributed by atoms with van der Waals surface area (Å²) in [6, 6.07) is 1.79. The maximum absolute atomic E-state index is 14.7.